The molecule has 0 aromatic carbocycles. The number of aliphatic hydroxyl groups excluding tert-OH is 3. The first kappa shape index (κ1) is 39.7. The minimum atomic E-state index is -1.17. The van der Waals surface area contributed by atoms with Crippen LogP contribution in [0.15, 0.2) is 0 Å². The summed E-state index contributed by atoms with van der Waals surface area (Å²) < 4.78 is 0. The molecule has 2 radical (unpaired) electrons. The first-order valence-corrected chi connectivity index (χ1v) is 16.1. The Kier molecular flexibility index (Phi) is 22.3. The van der Waals surface area contributed by atoms with Crippen molar-refractivity contribution in [3.63, 3.8) is 0 Å². The van der Waals surface area contributed by atoms with Gasteiger partial charge in [-0.05, 0) is 45.3 Å². The maximum Gasteiger partial charge on any atom is 2.00 e. The molecule has 0 spiro atoms. The Bertz CT molecular complexity index is 601. The fourth-order valence-corrected chi connectivity index (χ4v) is 6.75. The molecule has 4 fully saturated rings. The maximum atomic E-state index is 11.3. The SMILES string of the molecule is CC(O)O.OC(CN(CC1CCCC[N-]1)CC1CCCC[N-]1)CN(CC1CCCC[N-]1)CC1CCCCC1O.[Cu+2].[Cu]. The molecule has 0 aromatic heterocycles. The van der Waals surface area contributed by atoms with Crippen molar-refractivity contribution in [3.8, 4) is 0 Å². The zero-order valence-corrected chi connectivity index (χ0v) is 27.1. The van der Waals surface area contributed by atoms with Gasteiger partial charge < -0.3 is 46.2 Å². The minimum Gasteiger partial charge on any atom is -0.658 e. The summed E-state index contributed by atoms with van der Waals surface area (Å²) in [4.78, 5) is 4.92. The van der Waals surface area contributed by atoms with Crippen LogP contribution in [0.1, 0.15) is 90.4 Å². The number of hydrogen-bond acceptors (Lipinski definition) is 6. The van der Waals surface area contributed by atoms with E-state index in [0.717, 1.165) is 71.5 Å². The molecule has 9 nitrogen and oxygen atoms in total. The summed E-state index contributed by atoms with van der Waals surface area (Å²) in [6.45, 7) is 9.37. The van der Waals surface area contributed by atoms with Gasteiger partial charge in [-0.15, -0.1) is 37.8 Å². The van der Waals surface area contributed by atoms with Crippen LogP contribution in [-0.4, -0.2) is 126 Å². The molecule has 4 aliphatic rings. The van der Waals surface area contributed by atoms with Crippen molar-refractivity contribution in [2.45, 2.75) is 127 Å². The molecular weight excluding hydrogens is 621 g/mol. The van der Waals surface area contributed by atoms with Crippen molar-refractivity contribution in [1.82, 2.24) is 9.80 Å². The van der Waals surface area contributed by atoms with Crippen LogP contribution in [0.25, 0.3) is 16.0 Å². The van der Waals surface area contributed by atoms with E-state index in [4.69, 9.17) is 26.2 Å². The Labute approximate surface area is 271 Å². The largest absolute Gasteiger partial charge is 2.00 e. The average Bonchev–Trinajstić information content (AvgIpc) is 2.91. The standard InChI is InChI=1S/C28H52N5O2.C2H6O2.2Cu/c34-27(22-33(19-25-11-4-7-15-30-25)20-26-12-5-8-16-31-26)21-32(18-24-10-3-6-14-29-24)17-23-9-1-2-13-28(23)35;1-2(3)4;;/h23-28,34-35H,1-22H2;2-4H,1H3;;/q-3;;;+2. The second-order valence-corrected chi connectivity index (χ2v) is 12.5. The van der Waals surface area contributed by atoms with Gasteiger partial charge >= 0.3 is 17.1 Å². The number of rotatable bonds is 12. The molecule has 0 amide bonds. The third-order valence-electron chi connectivity index (χ3n) is 8.70. The van der Waals surface area contributed by atoms with E-state index in [0.29, 0.717) is 37.1 Å². The second kappa shape index (κ2) is 23.1. The number of nitrogens with zero attached hydrogens (tertiary/aromatic N) is 5. The van der Waals surface area contributed by atoms with Crippen LogP contribution in [0.5, 0.6) is 0 Å². The van der Waals surface area contributed by atoms with Gasteiger partial charge in [0.1, 0.15) is 6.29 Å². The monoisotopic (exact) mass is 678 g/mol. The Morgan fingerprint density at radius 3 is 1.34 bits per heavy atom. The number of aliphatic hydroxyl groups is 4. The summed E-state index contributed by atoms with van der Waals surface area (Å²) in [7, 11) is 0. The summed E-state index contributed by atoms with van der Waals surface area (Å²) in [6.07, 6.45) is 13.7. The van der Waals surface area contributed by atoms with E-state index in [9.17, 15) is 10.2 Å². The molecule has 41 heavy (non-hydrogen) atoms. The van der Waals surface area contributed by atoms with Crippen molar-refractivity contribution < 1.29 is 54.6 Å². The number of hydrogen-bond donors (Lipinski definition) is 4. The van der Waals surface area contributed by atoms with Gasteiger partial charge in [0.2, 0.25) is 0 Å². The predicted octanol–water partition coefficient (Wildman–Crippen LogP) is 3.59. The first-order valence-electron chi connectivity index (χ1n) is 16.1. The molecule has 4 rings (SSSR count). The van der Waals surface area contributed by atoms with Crippen LogP contribution in [-0.2, 0) is 34.1 Å². The first-order chi connectivity index (χ1) is 18.9. The third-order valence-corrected chi connectivity index (χ3v) is 8.70. The van der Waals surface area contributed by atoms with Crippen molar-refractivity contribution in [2.75, 3.05) is 58.9 Å². The van der Waals surface area contributed by atoms with Gasteiger partial charge in [-0.25, -0.2) is 0 Å². The predicted molar refractivity (Wildman–Crippen MR) is 158 cm³/mol. The summed E-state index contributed by atoms with van der Waals surface area (Å²) in [5.41, 5.74) is 0. The van der Waals surface area contributed by atoms with E-state index in [-0.39, 0.29) is 40.2 Å². The van der Waals surface area contributed by atoms with Gasteiger partial charge in [-0.3, -0.25) is 0 Å². The smallest absolute Gasteiger partial charge is 0.658 e. The quantitative estimate of drug-likeness (QED) is 0.184. The molecule has 11 heteroatoms. The molecule has 1 saturated carbocycles. The summed E-state index contributed by atoms with van der Waals surface area (Å²) in [6, 6.07) is 1.21. The Morgan fingerprint density at radius 2 is 0.976 bits per heavy atom. The third kappa shape index (κ3) is 17.1. The maximum absolute atomic E-state index is 11.3. The average molecular weight is 680 g/mol. The molecule has 3 saturated heterocycles. The fraction of sp³-hybridized carbons (Fsp3) is 1.00. The second-order valence-electron chi connectivity index (χ2n) is 12.5. The van der Waals surface area contributed by atoms with Crippen LogP contribution in [0.4, 0.5) is 0 Å². The van der Waals surface area contributed by atoms with E-state index in [1.165, 1.54) is 64.7 Å². The van der Waals surface area contributed by atoms with Gasteiger partial charge in [0.15, 0.2) is 0 Å². The van der Waals surface area contributed by atoms with Gasteiger partial charge in [0.25, 0.3) is 0 Å². The molecule has 0 aromatic rings. The van der Waals surface area contributed by atoms with Crippen molar-refractivity contribution >= 4 is 0 Å². The van der Waals surface area contributed by atoms with Crippen molar-refractivity contribution in [1.29, 1.82) is 0 Å². The molecule has 3 heterocycles. The zero-order valence-electron chi connectivity index (χ0n) is 25.2. The van der Waals surface area contributed by atoms with Gasteiger partial charge in [0, 0.05) is 36.7 Å². The Hall–Kier alpha value is 0.679. The van der Waals surface area contributed by atoms with Crippen LogP contribution in [0.2, 0.25) is 0 Å². The van der Waals surface area contributed by atoms with Gasteiger partial charge in [0.05, 0.1) is 12.2 Å². The van der Waals surface area contributed by atoms with E-state index in [1.807, 2.05) is 0 Å². The summed E-state index contributed by atoms with van der Waals surface area (Å²) >= 11 is 0. The van der Waals surface area contributed by atoms with E-state index >= 15 is 0 Å². The van der Waals surface area contributed by atoms with Crippen molar-refractivity contribution in [2.24, 2.45) is 5.92 Å². The van der Waals surface area contributed by atoms with Crippen LogP contribution >= 0.6 is 0 Å². The van der Waals surface area contributed by atoms with Gasteiger partial charge in [-0.1, -0.05) is 70.6 Å². The van der Waals surface area contributed by atoms with Gasteiger partial charge in [-0.2, -0.15) is 0 Å². The van der Waals surface area contributed by atoms with E-state index in [1.54, 1.807) is 0 Å². The molecule has 250 valence electrons. The topological polar surface area (TPSA) is 130 Å². The molecular formula is C30H58Cu2N5O4-. The van der Waals surface area contributed by atoms with E-state index < -0.39 is 12.4 Å². The molecule has 6 unspecified atom stereocenters. The normalized spacial score (nSPS) is 29.7. The molecule has 4 N–H and O–H groups in total. The fourth-order valence-electron chi connectivity index (χ4n) is 6.75. The Balaban J connectivity index is 0.00000131. The molecule has 6 atom stereocenters. The number of piperidine rings is 3. The molecule has 0 bridgehead atoms. The molecule has 3 aliphatic heterocycles. The minimum absolute atomic E-state index is 0. The van der Waals surface area contributed by atoms with Crippen LogP contribution in [0.3, 0.4) is 0 Å². The Morgan fingerprint density at radius 1 is 0.610 bits per heavy atom. The van der Waals surface area contributed by atoms with E-state index in [2.05, 4.69) is 9.80 Å². The summed E-state index contributed by atoms with van der Waals surface area (Å²) in [5, 5.41) is 51.8. The van der Waals surface area contributed by atoms with Crippen LogP contribution < -0.4 is 0 Å². The van der Waals surface area contributed by atoms with Crippen molar-refractivity contribution in [3.05, 3.63) is 16.0 Å². The zero-order chi connectivity index (χ0) is 27.9. The van der Waals surface area contributed by atoms with Crippen LogP contribution in [0, 0.1) is 5.92 Å². The summed E-state index contributed by atoms with van der Waals surface area (Å²) in [5.74, 6) is 0.331. The molecule has 1 aliphatic carbocycles.